The number of benzene rings is 1. The number of carbonyl (C=O) groups is 1. The number of carbonyl (C=O) groups excluding carboxylic acids is 1. The first-order chi connectivity index (χ1) is 11.5. The van der Waals surface area contributed by atoms with Gasteiger partial charge in [0.25, 0.3) is 0 Å². The minimum Gasteiger partial charge on any atom is -0.453 e. The summed E-state index contributed by atoms with van der Waals surface area (Å²) in [6, 6.07) is 9.14. The molecular weight excluding hydrogens is 369 g/mol. The maximum atomic E-state index is 11.2. The second-order valence-corrected chi connectivity index (χ2v) is 6.88. The highest BCUT2D eigenvalue weighted by Crippen LogP contribution is 2.20. The lowest BCUT2D eigenvalue weighted by molar-refractivity contribution is 0.170. The zero-order chi connectivity index (χ0) is 17.5. The predicted molar refractivity (Wildman–Crippen MR) is 99.8 cm³/mol. The van der Waals surface area contributed by atoms with Crippen LogP contribution in [0.5, 0.6) is 0 Å². The highest BCUT2D eigenvalue weighted by atomic mass is 35.5. The van der Waals surface area contributed by atoms with Crippen LogP contribution in [0.25, 0.3) is 0 Å². The van der Waals surface area contributed by atoms with Gasteiger partial charge in [-0.1, -0.05) is 29.3 Å². The van der Waals surface area contributed by atoms with Gasteiger partial charge in [0.1, 0.15) is 0 Å². The Morgan fingerprint density at radius 3 is 2.79 bits per heavy atom. The van der Waals surface area contributed by atoms with Crippen molar-refractivity contribution in [1.29, 1.82) is 0 Å². The first kappa shape index (κ1) is 18.4. The molecule has 0 saturated carbocycles. The smallest absolute Gasteiger partial charge is 0.407 e. The average Bonchev–Trinajstić information content (AvgIpc) is 2.98. The van der Waals surface area contributed by atoms with Gasteiger partial charge in [-0.2, -0.15) is 10.2 Å². The third-order valence-electron chi connectivity index (χ3n) is 3.06. The molecule has 8 heteroatoms. The average molecular weight is 384 g/mol. The van der Waals surface area contributed by atoms with Gasteiger partial charge in [-0.15, -0.1) is 11.3 Å². The van der Waals surface area contributed by atoms with Crippen LogP contribution >= 0.6 is 34.5 Å². The van der Waals surface area contributed by atoms with Gasteiger partial charge in [0, 0.05) is 16.4 Å². The summed E-state index contributed by atoms with van der Waals surface area (Å²) in [6.07, 6.45) is 1.14. The third-order valence-corrected chi connectivity index (χ3v) is 4.59. The van der Waals surface area contributed by atoms with Crippen molar-refractivity contribution < 1.29 is 9.53 Å². The number of rotatable bonds is 5. The lowest BCUT2D eigenvalue weighted by atomic mass is 10.1. The van der Waals surface area contributed by atoms with Gasteiger partial charge in [-0.25, -0.2) is 4.79 Å². The van der Waals surface area contributed by atoms with E-state index in [1.165, 1.54) is 18.4 Å². The molecule has 0 aliphatic carbocycles. The molecular formula is C16H15Cl2N3O2S. The lowest BCUT2D eigenvalue weighted by Crippen LogP contribution is -2.22. The fraction of sp³-hybridized carbons (Fsp3) is 0.188. The van der Waals surface area contributed by atoms with Crippen LogP contribution in [0.3, 0.4) is 0 Å². The third kappa shape index (κ3) is 5.33. The largest absolute Gasteiger partial charge is 0.453 e. The van der Waals surface area contributed by atoms with E-state index >= 15 is 0 Å². The van der Waals surface area contributed by atoms with Gasteiger partial charge in [-0.05, 0) is 42.3 Å². The molecule has 0 aliphatic heterocycles. The monoisotopic (exact) mass is 383 g/mol. The first-order valence-electron chi connectivity index (χ1n) is 6.93. The number of hydrogen-bond donors (Lipinski definition) is 1. The highest BCUT2D eigenvalue weighted by molar-refractivity contribution is 7.17. The molecule has 0 radical (unpaired) electrons. The Kier molecular flexibility index (Phi) is 6.78. The van der Waals surface area contributed by atoms with Gasteiger partial charge in [0.15, 0.2) is 0 Å². The van der Waals surface area contributed by atoms with Gasteiger partial charge in [0.05, 0.1) is 23.4 Å². The molecule has 2 aromatic rings. The van der Waals surface area contributed by atoms with Crippen LogP contribution in [0.15, 0.2) is 40.5 Å². The van der Waals surface area contributed by atoms with Crippen LogP contribution in [0.4, 0.5) is 4.79 Å². The van der Waals surface area contributed by atoms with Gasteiger partial charge >= 0.3 is 6.09 Å². The van der Waals surface area contributed by atoms with Crippen molar-refractivity contribution in [3.05, 3.63) is 55.7 Å². The number of alkyl carbamates (subject to hydrolysis) is 1. The summed E-state index contributed by atoms with van der Waals surface area (Å²) < 4.78 is 5.25. The molecule has 0 fully saturated rings. The van der Waals surface area contributed by atoms with E-state index in [2.05, 4.69) is 20.3 Å². The van der Waals surface area contributed by atoms with Gasteiger partial charge in [-0.3, -0.25) is 0 Å². The van der Waals surface area contributed by atoms with Crippen LogP contribution in [0.1, 0.15) is 22.9 Å². The number of nitrogens with zero attached hydrogens (tertiary/aromatic N) is 2. The van der Waals surface area contributed by atoms with E-state index in [-0.39, 0.29) is 6.54 Å². The van der Waals surface area contributed by atoms with Crippen LogP contribution in [0, 0.1) is 0 Å². The first-order valence-corrected chi connectivity index (χ1v) is 8.50. The van der Waals surface area contributed by atoms with Gasteiger partial charge in [0.2, 0.25) is 0 Å². The maximum Gasteiger partial charge on any atom is 0.407 e. The molecule has 2 rings (SSSR count). The zero-order valence-corrected chi connectivity index (χ0v) is 15.4. The van der Waals surface area contributed by atoms with E-state index in [4.69, 9.17) is 23.2 Å². The molecule has 0 bridgehead atoms. The summed E-state index contributed by atoms with van der Waals surface area (Å²) in [5.74, 6) is 0. The minimum atomic E-state index is -0.513. The van der Waals surface area contributed by atoms with Crippen LogP contribution in [-0.2, 0) is 11.3 Å². The molecule has 0 aliphatic rings. The van der Waals surface area contributed by atoms with Crippen molar-refractivity contribution in [2.24, 2.45) is 10.2 Å². The summed E-state index contributed by atoms with van der Waals surface area (Å²) in [4.78, 5) is 12.1. The van der Waals surface area contributed by atoms with Crippen molar-refractivity contribution >= 4 is 52.6 Å². The molecule has 126 valence electrons. The fourth-order valence-electron chi connectivity index (χ4n) is 1.80. The Labute approximate surface area is 154 Å². The second kappa shape index (κ2) is 8.82. The topological polar surface area (TPSA) is 63.0 Å². The van der Waals surface area contributed by atoms with E-state index in [1.54, 1.807) is 12.3 Å². The van der Waals surface area contributed by atoms with Crippen molar-refractivity contribution in [1.82, 2.24) is 5.32 Å². The quantitative estimate of drug-likeness (QED) is 0.597. The zero-order valence-electron chi connectivity index (χ0n) is 13.0. The molecule has 0 saturated heterocycles. The number of nitrogens with one attached hydrogen (secondary N) is 1. The Hall–Kier alpha value is -1.89. The summed E-state index contributed by atoms with van der Waals surface area (Å²) in [6.45, 7) is 2.11. The van der Waals surface area contributed by atoms with E-state index in [9.17, 15) is 4.79 Å². The number of methoxy groups -OCH3 is 1. The summed E-state index contributed by atoms with van der Waals surface area (Å²) in [5, 5.41) is 11.4. The number of ether oxygens (including phenoxy) is 1. The Morgan fingerprint density at radius 1 is 1.33 bits per heavy atom. The summed E-state index contributed by atoms with van der Waals surface area (Å²) >= 11 is 13.4. The summed E-state index contributed by atoms with van der Waals surface area (Å²) in [7, 11) is 1.31. The Balaban J connectivity index is 2.10. The van der Waals surface area contributed by atoms with E-state index in [0.29, 0.717) is 9.36 Å². The highest BCUT2D eigenvalue weighted by Gasteiger charge is 2.06. The van der Waals surface area contributed by atoms with E-state index < -0.39 is 6.09 Å². The lowest BCUT2D eigenvalue weighted by Gasteiger charge is -2.08. The normalized spacial score (nSPS) is 11.8. The van der Waals surface area contributed by atoms with Crippen LogP contribution in [0.2, 0.25) is 9.36 Å². The van der Waals surface area contributed by atoms with Crippen molar-refractivity contribution in [2.45, 2.75) is 13.5 Å². The van der Waals surface area contributed by atoms with Crippen molar-refractivity contribution in [3.8, 4) is 0 Å². The molecule has 0 unspecified atom stereocenters. The predicted octanol–water partition coefficient (Wildman–Crippen LogP) is 4.75. The minimum absolute atomic E-state index is 0.267. The molecule has 1 heterocycles. The van der Waals surface area contributed by atoms with Crippen molar-refractivity contribution in [3.63, 3.8) is 0 Å². The number of hydrogen-bond acceptors (Lipinski definition) is 5. The Bertz CT molecular complexity index is 787. The molecule has 0 atom stereocenters. The standard InChI is InChI=1S/C16H15Cl2N3O2S/c1-10(21-20-9-13-4-6-15(18)24-13)11-3-5-14(17)12(7-11)8-19-16(22)23-2/h3-7,9H,8H2,1-2H3,(H,19,22). The SMILES string of the molecule is COC(=O)NCc1cc(C(C)=NN=Cc2ccc(Cl)s2)ccc1Cl. The van der Waals surface area contributed by atoms with Gasteiger partial charge < -0.3 is 10.1 Å². The molecule has 1 aromatic heterocycles. The van der Waals surface area contributed by atoms with Crippen LogP contribution in [-0.4, -0.2) is 25.1 Å². The molecule has 1 N–H and O–H groups in total. The molecule has 1 amide bonds. The van der Waals surface area contributed by atoms with Crippen molar-refractivity contribution in [2.75, 3.05) is 7.11 Å². The van der Waals surface area contributed by atoms with E-state index in [0.717, 1.165) is 21.7 Å². The molecule has 24 heavy (non-hydrogen) atoms. The van der Waals surface area contributed by atoms with E-state index in [1.807, 2.05) is 31.2 Å². The maximum absolute atomic E-state index is 11.2. The fourth-order valence-corrected chi connectivity index (χ4v) is 2.91. The molecule has 1 aromatic carbocycles. The number of thiophene rings is 1. The number of amides is 1. The molecule has 5 nitrogen and oxygen atoms in total. The Morgan fingerprint density at radius 2 is 2.12 bits per heavy atom. The molecule has 0 spiro atoms. The second-order valence-electron chi connectivity index (χ2n) is 4.72. The van der Waals surface area contributed by atoms with Crippen LogP contribution < -0.4 is 5.32 Å². The number of halogens is 2. The summed E-state index contributed by atoms with van der Waals surface area (Å²) in [5.41, 5.74) is 2.36.